The fourth-order valence-electron chi connectivity index (χ4n) is 2.10. The maximum atomic E-state index is 9.19. The Bertz CT molecular complexity index is 577. The van der Waals surface area contributed by atoms with Gasteiger partial charge in [0.25, 0.3) is 0 Å². The molecule has 0 amide bonds. The van der Waals surface area contributed by atoms with Crippen LogP contribution in [-0.2, 0) is 6.54 Å². The highest BCUT2D eigenvalue weighted by Gasteiger charge is 2.18. The van der Waals surface area contributed by atoms with Crippen LogP contribution in [0, 0.1) is 18.3 Å². The zero-order valence-electron chi connectivity index (χ0n) is 9.87. The Labute approximate surface area is 110 Å². The lowest BCUT2D eigenvalue weighted by Gasteiger charge is -2.09. The minimum absolute atomic E-state index is 0.728. The fourth-order valence-corrected chi connectivity index (χ4v) is 2.92. The van der Waals surface area contributed by atoms with Crippen LogP contribution in [0.15, 0.2) is 34.8 Å². The number of benzene rings is 1. The van der Waals surface area contributed by atoms with E-state index in [4.69, 9.17) is 0 Å². The number of nitriles is 1. The normalized spacial score (nSPS) is 10.2. The lowest BCUT2D eigenvalue weighted by atomic mass is 10.1. The molecule has 0 aliphatic carbocycles. The highest BCUT2D eigenvalue weighted by atomic mass is 79.9. The number of rotatable bonds is 2. The van der Waals surface area contributed by atoms with E-state index in [1.165, 1.54) is 0 Å². The number of halogens is 1. The zero-order valence-corrected chi connectivity index (χ0v) is 11.5. The van der Waals surface area contributed by atoms with Crippen LogP contribution in [0.2, 0.25) is 0 Å². The van der Waals surface area contributed by atoms with Crippen molar-refractivity contribution in [1.82, 2.24) is 4.57 Å². The molecule has 86 valence electrons. The van der Waals surface area contributed by atoms with E-state index in [9.17, 15) is 5.26 Å². The molecular weight excluding hydrogens is 276 g/mol. The van der Waals surface area contributed by atoms with Crippen LogP contribution < -0.4 is 0 Å². The summed E-state index contributed by atoms with van der Waals surface area (Å²) in [4.78, 5) is 0. The van der Waals surface area contributed by atoms with Gasteiger partial charge in [-0.05, 0) is 35.3 Å². The Hall–Kier alpha value is -1.53. The predicted molar refractivity (Wildman–Crippen MR) is 72.7 cm³/mol. The van der Waals surface area contributed by atoms with E-state index in [-0.39, 0.29) is 0 Å². The molecule has 0 radical (unpaired) electrons. The van der Waals surface area contributed by atoms with Crippen LogP contribution >= 0.6 is 15.9 Å². The van der Waals surface area contributed by atoms with Gasteiger partial charge < -0.3 is 4.57 Å². The van der Waals surface area contributed by atoms with Crippen molar-refractivity contribution in [2.45, 2.75) is 20.4 Å². The summed E-state index contributed by atoms with van der Waals surface area (Å²) < 4.78 is 3.06. The summed E-state index contributed by atoms with van der Waals surface area (Å²) in [6, 6.07) is 12.4. The van der Waals surface area contributed by atoms with Crippen molar-refractivity contribution in [3.63, 3.8) is 0 Å². The molecule has 0 unspecified atom stereocenters. The molecule has 0 aliphatic heterocycles. The average molecular weight is 289 g/mol. The molecule has 3 heteroatoms. The first kappa shape index (κ1) is 11.9. The largest absolute Gasteiger partial charge is 0.343 e. The van der Waals surface area contributed by atoms with Gasteiger partial charge in [0.15, 0.2) is 0 Å². The van der Waals surface area contributed by atoms with Crippen molar-refractivity contribution in [2.24, 2.45) is 0 Å². The molecule has 2 nitrogen and oxygen atoms in total. The van der Waals surface area contributed by atoms with Crippen LogP contribution in [0.4, 0.5) is 0 Å². The van der Waals surface area contributed by atoms with Crippen LogP contribution in [-0.4, -0.2) is 4.57 Å². The van der Waals surface area contributed by atoms with Crippen molar-refractivity contribution in [3.8, 4) is 17.3 Å². The van der Waals surface area contributed by atoms with E-state index in [2.05, 4.69) is 45.6 Å². The van der Waals surface area contributed by atoms with E-state index >= 15 is 0 Å². The van der Waals surface area contributed by atoms with Crippen LogP contribution in [0.1, 0.15) is 18.2 Å². The Morgan fingerprint density at radius 3 is 2.47 bits per heavy atom. The minimum atomic E-state index is 0.728. The molecule has 0 bridgehead atoms. The standard InChI is InChI=1S/C14H13BrN2/c1-3-17-10(2)12(9-16)13(15)14(17)11-7-5-4-6-8-11/h4-8H,3H2,1-2H3. The Kier molecular flexibility index (Phi) is 3.35. The van der Waals surface area contributed by atoms with Gasteiger partial charge in [0, 0.05) is 12.2 Å². The van der Waals surface area contributed by atoms with Crippen LogP contribution in [0.5, 0.6) is 0 Å². The molecule has 0 fully saturated rings. The maximum Gasteiger partial charge on any atom is 0.102 e. The first-order chi connectivity index (χ1) is 8.20. The fraction of sp³-hybridized carbons (Fsp3) is 0.214. The average Bonchev–Trinajstić information content (AvgIpc) is 2.61. The molecule has 1 aromatic carbocycles. The number of aromatic nitrogens is 1. The van der Waals surface area contributed by atoms with E-state index in [0.717, 1.165) is 33.5 Å². The van der Waals surface area contributed by atoms with Gasteiger partial charge >= 0.3 is 0 Å². The van der Waals surface area contributed by atoms with Gasteiger partial charge in [0.1, 0.15) is 6.07 Å². The van der Waals surface area contributed by atoms with Gasteiger partial charge in [-0.25, -0.2) is 0 Å². The number of hydrogen-bond acceptors (Lipinski definition) is 1. The predicted octanol–water partition coefficient (Wildman–Crippen LogP) is 4.12. The lowest BCUT2D eigenvalue weighted by Crippen LogP contribution is -1.99. The first-order valence-electron chi connectivity index (χ1n) is 5.54. The topological polar surface area (TPSA) is 28.7 Å². The second-order valence-electron chi connectivity index (χ2n) is 3.85. The molecular formula is C14H13BrN2. The van der Waals surface area contributed by atoms with Crippen molar-refractivity contribution in [3.05, 3.63) is 46.1 Å². The smallest absolute Gasteiger partial charge is 0.102 e. The highest BCUT2D eigenvalue weighted by molar-refractivity contribution is 9.10. The van der Waals surface area contributed by atoms with Crippen molar-refractivity contribution in [2.75, 3.05) is 0 Å². The summed E-state index contributed by atoms with van der Waals surface area (Å²) in [5.74, 6) is 0. The highest BCUT2D eigenvalue weighted by Crippen LogP contribution is 2.35. The molecule has 2 rings (SSSR count). The quantitative estimate of drug-likeness (QED) is 0.817. The monoisotopic (exact) mass is 288 g/mol. The Balaban J connectivity index is 2.75. The molecule has 2 aromatic rings. The summed E-state index contributed by atoms with van der Waals surface area (Å²) >= 11 is 3.55. The van der Waals surface area contributed by atoms with Gasteiger partial charge in [-0.2, -0.15) is 5.26 Å². The van der Waals surface area contributed by atoms with Crippen molar-refractivity contribution >= 4 is 15.9 Å². The summed E-state index contributed by atoms with van der Waals surface area (Å²) in [6.45, 7) is 4.93. The summed E-state index contributed by atoms with van der Waals surface area (Å²) in [6.07, 6.45) is 0. The van der Waals surface area contributed by atoms with E-state index < -0.39 is 0 Å². The van der Waals surface area contributed by atoms with Gasteiger partial charge in [-0.1, -0.05) is 30.3 Å². The molecule has 0 aliphatic rings. The molecule has 0 atom stereocenters. The van der Waals surface area contributed by atoms with Gasteiger partial charge in [-0.3, -0.25) is 0 Å². The zero-order chi connectivity index (χ0) is 12.4. The molecule has 0 spiro atoms. The Morgan fingerprint density at radius 1 is 1.29 bits per heavy atom. The molecule has 1 heterocycles. The summed E-state index contributed by atoms with van der Waals surface area (Å²) in [5, 5.41) is 9.19. The van der Waals surface area contributed by atoms with Crippen molar-refractivity contribution in [1.29, 1.82) is 5.26 Å². The van der Waals surface area contributed by atoms with Gasteiger partial charge in [-0.15, -0.1) is 0 Å². The van der Waals surface area contributed by atoms with E-state index in [0.29, 0.717) is 0 Å². The summed E-state index contributed by atoms with van der Waals surface area (Å²) in [5.41, 5.74) is 3.96. The maximum absolute atomic E-state index is 9.19. The third-order valence-electron chi connectivity index (χ3n) is 2.94. The third kappa shape index (κ3) is 1.89. The molecule has 17 heavy (non-hydrogen) atoms. The third-order valence-corrected chi connectivity index (χ3v) is 3.71. The van der Waals surface area contributed by atoms with E-state index in [1.807, 2.05) is 25.1 Å². The molecule has 0 saturated heterocycles. The minimum Gasteiger partial charge on any atom is -0.343 e. The van der Waals surface area contributed by atoms with Crippen LogP contribution in [0.25, 0.3) is 11.3 Å². The second kappa shape index (κ2) is 4.77. The number of hydrogen-bond donors (Lipinski definition) is 0. The Morgan fingerprint density at radius 2 is 1.94 bits per heavy atom. The van der Waals surface area contributed by atoms with Crippen LogP contribution in [0.3, 0.4) is 0 Å². The first-order valence-corrected chi connectivity index (χ1v) is 6.34. The number of nitrogens with zero attached hydrogens (tertiary/aromatic N) is 2. The molecule has 1 aromatic heterocycles. The van der Waals surface area contributed by atoms with Crippen molar-refractivity contribution < 1.29 is 0 Å². The molecule has 0 saturated carbocycles. The SMILES string of the molecule is CCn1c(C)c(C#N)c(Br)c1-c1ccccc1. The second-order valence-corrected chi connectivity index (χ2v) is 4.64. The van der Waals surface area contributed by atoms with E-state index in [1.54, 1.807) is 0 Å². The van der Waals surface area contributed by atoms with Gasteiger partial charge in [0.2, 0.25) is 0 Å². The lowest BCUT2D eigenvalue weighted by molar-refractivity contribution is 0.749. The summed E-state index contributed by atoms with van der Waals surface area (Å²) in [7, 11) is 0. The molecule has 0 N–H and O–H groups in total. The van der Waals surface area contributed by atoms with Gasteiger partial charge in [0.05, 0.1) is 15.7 Å².